The van der Waals surface area contributed by atoms with Crippen LogP contribution < -0.4 is 9.47 Å². The minimum atomic E-state index is -0.0482. The molecule has 0 bridgehead atoms. The highest BCUT2D eigenvalue weighted by atomic mass is 32.2. The Labute approximate surface area is 163 Å². The van der Waals surface area contributed by atoms with Gasteiger partial charge < -0.3 is 14.4 Å². The number of hydrogen-bond acceptors (Lipinski definition) is 4. The lowest BCUT2D eigenvalue weighted by Crippen LogP contribution is -2.30. The monoisotopic (exact) mass is 379 g/mol. The van der Waals surface area contributed by atoms with Crippen LogP contribution in [0.15, 0.2) is 60.7 Å². The Balaban J connectivity index is 1.67. The minimum absolute atomic E-state index is 0.0482. The van der Waals surface area contributed by atoms with Gasteiger partial charge in [0.25, 0.3) is 5.91 Å². The van der Waals surface area contributed by atoms with Crippen molar-refractivity contribution < 1.29 is 14.3 Å². The summed E-state index contributed by atoms with van der Waals surface area (Å²) in [5, 5.41) is 2.17. The molecular weight excluding hydrogens is 358 g/mol. The van der Waals surface area contributed by atoms with Crippen molar-refractivity contribution in [1.82, 2.24) is 4.90 Å². The predicted octanol–water partition coefficient (Wildman–Crippen LogP) is 4.74. The molecule has 1 unspecified atom stereocenters. The summed E-state index contributed by atoms with van der Waals surface area (Å²) in [7, 11) is 3.27. The highest BCUT2D eigenvalue weighted by Gasteiger charge is 2.32. The molecule has 0 aromatic heterocycles. The number of fused-ring (bicyclic) bond motifs is 1. The fraction of sp³-hybridized carbons (Fsp3) is 0.227. The van der Waals surface area contributed by atoms with Crippen molar-refractivity contribution in [3.63, 3.8) is 0 Å². The quantitative estimate of drug-likeness (QED) is 0.656. The molecule has 1 atom stereocenters. The standard InChI is InChI=1S/C22H21NO3S/c1-25-19-12-18(13-20(14-19)26-2)22-23(9-10-27-22)21(24)17-8-7-15-5-3-4-6-16(15)11-17/h3-8,11-14,22H,9-10H2,1-2H3. The van der Waals surface area contributed by atoms with Gasteiger partial charge in [-0.2, -0.15) is 0 Å². The van der Waals surface area contributed by atoms with E-state index in [2.05, 4.69) is 6.07 Å². The Kier molecular flexibility index (Phi) is 4.94. The van der Waals surface area contributed by atoms with E-state index in [9.17, 15) is 4.79 Å². The molecule has 0 saturated carbocycles. The number of rotatable bonds is 4. The maximum Gasteiger partial charge on any atom is 0.255 e. The third-order valence-corrected chi connectivity index (χ3v) is 6.07. The Hall–Kier alpha value is -2.66. The zero-order valence-electron chi connectivity index (χ0n) is 15.3. The van der Waals surface area contributed by atoms with Crippen LogP contribution >= 0.6 is 11.8 Å². The SMILES string of the molecule is COc1cc(OC)cc(C2SCCN2C(=O)c2ccc3ccccc3c2)c1. The van der Waals surface area contributed by atoms with Crippen LogP contribution in [0.25, 0.3) is 10.8 Å². The summed E-state index contributed by atoms with van der Waals surface area (Å²) in [6.07, 6.45) is 0. The summed E-state index contributed by atoms with van der Waals surface area (Å²) in [6.45, 7) is 0.723. The van der Waals surface area contributed by atoms with Crippen LogP contribution in [-0.4, -0.2) is 37.3 Å². The van der Waals surface area contributed by atoms with Gasteiger partial charge in [-0.05, 0) is 40.6 Å². The molecule has 4 nitrogen and oxygen atoms in total. The molecule has 1 aliphatic heterocycles. The predicted molar refractivity (Wildman–Crippen MR) is 110 cm³/mol. The van der Waals surface area contributed by atoms with E-state index in [0.717, 1.165) is 45.7 Å². The number of carbonyl (C=O) groups excluding carboxylic acids is 1. The molecule has 0 radical (unpaired) electrons. The topological polar surface area (TPSA) is 38.8 Å². The molecule has 3 aromatic rings. The van der Waals surface area contributed by atoms with Crippen molar-refractivity contribution in [2.45, 2.75) is 5.37 Å². The molecule has 27 heavy (non-hydrogen) atoms. The molecule has 0 spiro atoms. The van der Waals surface area contributed by atoms with Gasteiger partial charge in [-0.1, -0.05) is 30.3 Å². The van der Waals surface area contributed by atoms with Crippen molar-refractivity contribution in [3.8, 4) is 11.5 Å². The molecule has 4 rings (SSSR count). The lowest BCUT2D eigenvalue weighted by atomic mass is 10.1. The fourth-order valence-electron chi connectivity index (χ4n) is 3.41. The van der Waals surface area contributed by atoms with Crippen molar-refractivity contribution in [3.05, 3.63) is 71.8 Å². The average Bonchev–Trinajstić information content (AvgIpc) is 3.22. The summed E-state index contributed by atoms with van der Waals surface area (Å²) in [6, 6.07) is 19.8. The van der Waals surface area contributed by atoms with Gasteiger partial charge in [-0.3, -0.25) is 4.79 Å². The van der Waals surface area contributed by atoms with Crippen molar-refractivity contribution in [2.24, 2.45) is 0 Å². The summed E-state index contributed by atoms with van der Waals surface area (Å²) < 4.78 is 10.8. The van der Waals surface area contributed by atoms with E-state index >= 15 is 0 Å². The second-order valence-corrected chi connectivity index (χ2v) is 7.62. The molecule has 0 aliphatic carbocycles. The molecule has 1 heterocycles. The zero-order valence-corrected chi connectivity index (χ0v) is 16.2. The number of carbonyl (C=O) groups is 1. The number of thioether (sulfide) groups is 1. The van der Waals surface area contributed by atoms with Crippen molar-refractivity contribution in [1.29, 1.82) is 0 Å². The third-order valence-electron chi connectivity index (χ3n) is 4.81. The van der Waals surface area contributed by atoms with Crippen LogP contribution in [0, 0.1) is 0 Å². The molecule has 1 aliphatic rings. The van der Waals surface area contributed by atoms with Crippen LogP contribution in [0.4, 0.5) is 0 Å². The second kappa shape index (κ2) is 7.53. The second-order valence-electron chi connectivity index (χ2n) is 6.43. The van der Waals surface area contributed by atoms with Gasteiger partial charge in [0.15, 0.2) is 0 Å². The van der Waals surface area contributed by atoms with E-state index in [1.165, 1.54) is 0 Å². The van der Waals surface area contributed by atoms with Crippen LogP contribution in [0.5, 0.6) is 11.5 Å². The smallest absolute Gasteiger partial charge is 0.255 e. The average molecular weight is 379 g/mol. The third kappa shape index (κ3) is 3.47. The normalized spacial score (nSPS) is 16.5. The highest BCUT2D eigenvalue weighted by molar-refractivity contribution is 7.99. The summed E-state index contributed by atoms with van der Waals surface area (Å²) in [5.74, 6) is 2.42. The molecule has 5 heteroatoms. The van der Waals surface area contributed by atoms with E-state index in [0.29, 0.717) is 0 Å². The molecule has 1 fully saturated rings. The first kappa shape index (κ1) is 17.7. The van der Waals surface area contributed by atoms with Crippen LogP contribution in [0.1, 0.15) is 21.3 Å². The van der Waals surface area contributed by atoms with Gasteiger partial charge in [0.2, 0.25) is 0 Å². The molecule has 1 saturated heterocycles. The minimum Gasteiger partial charge on any atom is -0.497 e. The fourth-order valence-corrected chi connectivity index (χ4v) is 4.65. The number of ether oxygens (including phenoxy) is 2. The Morgan fingerprint density at radius 2 is 1.67 bits per heavy atom. The van der Waals surface area contributed by atoms with Gasteiger partial charge in [-0.25, -0.2) is 0 Å². The Morgan fingerprint density at radius 3 is 2.37 bits per heavy atom. The summed E-state index contributed by atoms with van der Waals surface area (Å²) >= 11 is 1.76. The van der Waals surface area contributed by atoms with E-state index in [1.807, 2.05) is 59.5 Å². The molecular formula is C22H21NO3S. The van der Waals surface area contributed by atoms with E-state index in [4.69, 9.17) is 9.47 Å². The van der Waals surface area contributed by atoms with Gasteiger partial charge in [0.1, 0.15) is 16.9 Å². The van der Waals surface area contributed by atoms with Crippen LogP contribution in [0.3, 0.4) is 0 Å². The number of methoxy groups -OCH3 is 2. The number of amides is 1. The summed E-state index contributed by atoms with van der Waals surface area (Å²) in [4.78, 5) is 15.2. The van der Waals surface area contributed by atoms with Gasteiger partial charge in [-0.15, -0.1) is 11.8 Å². The van der Waals surface area contributed by atoms with Crippen LogP contribution in [0.2, 0.25) is 0 Å². The highest BCUT2D eigenvalue weighted by Crippen LogP contribution is 2.41. The lowest BCUT2D eigenvalue weighted by Gasteiger charge is -2.25. The molecule has 0 N–H and O–H groups in total. The van der Waals surface area contributed by atoms with E-state index in [-0.39, 0.29) is 11.3 Å². The summed E-state index contributed by atoms with van der Waals surface area (Å²) in [5.41, 5.74) is 1.74. The maximum absolute atomic E-state index is 13.2. The first-order valence-electron chi connectivity index (χ1n) is 8.84. The number of benzene rings is 3. The van der Waals surface area contributed by atoms with Crippen molar-refractivity contribution >= 4 is 28.4 Å². The number of nitrogens with zero attached hydrogens (tertiary/aromatic N) is 1. The molecule has 3 aromatic carbocycles. The lowest BCUT2D eigenvalue weighted by molar-refractivity contribution is 0.0760. The maximum atomic E-state index is 13.2. The van der Waals surface area contributed by atoms with E-state index < -0.39 is 0 Å². The zero-order chi connectivity index (χ0) is 18.8. The largest absolute Gasteiger partial charge is 0.497 e. The van der Waals surface area contributed by atoms with Gasteiger partial charge in [0, 0.05) is 23.9 Å². The van der Waals surface area contributed by atoms with E-state index in [1.54, 1.807) is 26.0 Å². The molecule has 138 valence electrons. The van der Waals surface area contributed by atoms with Gasteiger partial charge in [0.05, 0.1) is 14.2 Å². The van der Waals surface area contributed by atoms with Crippen molar-refractivity contribution in [2.75, 3.05) is 26.5 Å². The first-order valence-corrected chi connectivity index (χ1v) is 9.89. The number of hydrogen-bond donors (Lipinski definition) is 0. The van der Waals surface area contributed by atoms with Gasteiger partial charge >= 0.3 is 0 Å². The Morgan fingerprint density at radius 1 is 0.963 bits per heavy atom. The molecule has 1 amide bonds. The first-order chi connectivity index (χ1) is 13.2. The Bertz CT molecular complexity index is 966. The van der Waals surface area contributed by atoms with Crippen LogP contribution in [-0.2, 0) is 0 Å².